The third-order valence-electron chi connectivity index (χ3n) is 15.9. The molecule has 0 amide bonds. The SMILES string of the molecule is CC(C)c1c2nc(c(C(C)C)c3[nH]c(c(-c4ccccc4)c4nc(c(-c5ccccc5)c5[nH]c1c1cc6ccccc6cc51)-c1cc5ccccc5cc1-4)c1cc4ccccc4cc31)-c1cc3ccccc3cc1-2. The topological polar surface area (TPSA) is 57.4 Å². The summed E-state index contributed by atoms with van der Waals surface area (Å²) in [7, 11) is 0. The molecule has 0 unspecified atom stereocenters. The monoisotopic (exact) mass is 946 g/mol. The lowest BCUT2D eigenvalue weighted by atomic mass is 9.90. The summed E-state index contributed by atoms with van der Waals surface area (Å²) in [5.41, 5.74) is 19.3. The van der Waals surface area contributed by atoms with Crippen LogP contribution >= 0.6 is 0 Å². The van der Waals surface area contributed by atoms with Crippen molar-refractivity contribution in [2.75, 3.05) is 0 Å². The van der Waals surface area contributed by atoms with E-state index in [0.717, 1.165) is 111 Å². The first-order valence-corrected chi connectivity index (χ1v) is 26.0. The molecule has 2 N–H and O–H groups in total. The third kappa shape index (κ3) is 6.34. The van der Waals surface area contributed by atoms with Crippen molar-refractivity contribution >= 4 is 86.7 Å². The molecule has 5 heterocycles. The molecule has 2 aliphatic rings. The normalized spacial score (nSPS) is 12.3. The Morgan fingerprint density at radius 1 is 0.284 bits per heavy atom. The van der Waals surface area contributed by atoms with Crippen molar-refractivity contribution in [1.82, 2.24) is 19.9 Å². The zero-order valence-corrected chi connectivity index (χ0v) is 41.7. The molecule has 0 fully saturated rings. The van der Waals surface area contributed by atoms with Crippen LogP contribution in [0.1, 0.15) is 50.7 Å². The molecule has 0 atom stereocenters. The fourth-order valence-corrected chi connectivity index (χ4v) is 12.5. The molecule has 0 spiro atoms. The molecule has 0 saturated heterocycles. The van der Waals surface area contributed by atoms with Gasteiger partial charge in [0.2, 0.25) is 0 Å². The van der Waals surface area contributed by atoms with E-state index in [1.54, 1.807) is 0 Å². The van der Waals surface area contributed by atoms with Crippen LogP contribution in [-0.4, -0.2) is 19.9 Å². The number of nitrogens with zero attached hydrogens (tertiary/aromatic N) is 2. The second-order valence-corrected chi connectivity index (χ2v) is 21.0. The highest BCUT2D eigenvalue weighted by Crippen LogP contribution is 2.52. The average molecular weight is 947 g/mol. The van der Waals surface area contributed by atoms with Gasteiger partial charge in [0.05, 0.1) is 44.8 Å². The van der Waals surface area contributed by atoms with Gasteiger partial charge in [0.1, 0.15) is 0 Å². The maximum atomic E-state index is 6.12. The molecule has 3 aromatic heterocycles. The highest BCUT2D eigenvalue weighted by atomic mass is 14.8. The van der Waals surface area contributed by atoms with Crippen LogP contribution in [0.4, 0.5) is 0 Å². The summed E-state index contributed by atoms with van der Waals surface area (Å²) >= 11 is 0. The quantitative estimate of drug-likeness (QED) is 0.185. The van der Waals surface area contributed by atoms with Crippen LogP contribution in [0.25, 0.3) is 154 Å². The summed E-state index contributed by atoms with van der Waals surface area (Å²) in [6.45, 7) is 9.32. The van der Waals surface area contributed by atoms with Crippen LogP contribution in [0.3, 0.4) is 0 Å². The summed E-state index contributed by atoms with van der Waals surface area (Å²) < 4.78 is 0. The van der Waals surface area contributed by atoms with Gasteiger partial charge in [-0.25, -0.2) is 9.97 Å². The Morgan fingerprint density at radius 3 is 0.851 bits per heavy atom. The van der Waals surface area contributed by atoms with Gasteiger partial charge in [-0.1, -0.05) is 185 Å². The van der Waals surface area contributed by atoms with Gasteiger partial charge in [-0.05, 0) is 115 Å². The van der Waals surface area contributed by atoms with E-state index in [-0.39, 0.29) is 11.8 Å². The number of hydrogen-bond acceptors (Lipinski definition) is 2. The minimum Gasteiger partial charge on any atom is -0.354 e. The van der Waals surface area contributed by atoms with Crippen molar-refractivity contribution in [2.24, 2.45) is 0 Å². The maximum Gasteiger partial charge on any atom is 0.0816 e. The first-order valence-electron chi connectivity index (χ1n) is 26.0. The van der Waals surface area contributed by atoms with Crippen molar-refractivity contribution in [3.8, 4) is 67.3 Å². The predicted molar refractivity (Wildman–Crippen MR) is 314 cm³/mol. The number of aromatic amines is 2. The molecule has 2 aliphatic heterocycles. The molecule has 15 rings (SSSR count). The fraction of sp³-hybridized carbons (Fsp3) is 0.0857. The molecule has 0 aliphatic carbocycles. The van der Waals surface area contributed by atoms with Crippen molar-refractivity contribution in [1.29, 1.82) is 0 Å². The summed E-state index contributed by atoms with van der Waals surface area (Å²) in [4.78, 5) is 20.7. The van der Waals surface area contributed by atoms with E-state index in [4.69, 9.17) is 9.97 Å². The fourth-order valence-electron chi connectivity index (χ4n) is 12.5. The Morgan fingerprint density at radius 2 is 0.541 bits per heavy atom. The van der Waals surface area contributed by atoms with Crippen molar-refractivity contribution in [2.45, 2.75) is 39.5 Å². The Bertz CT molecular complexity index is 4410. The number of nitrogens with one attached hydrogen (secondary N) is 2. The van der Waals surface area contributed by atoms with E-state index in [1.165, 1.54) is 54.2 Å². The lowest BCUT2D eigenvalue weighted by Crippen LogP contribution is -1.94. The largest absolute Gasteiger partial charge is 0.354 e. The number of rotatable bonds is 4. The summed E-state index contributed by atoms with van der Waals surface area (Å²) in [6.07, 6.45) is 0. The minimum absolute atomic E-state index is 0.0818. The zero-order valence-electron chi connectivity index (χ0n) is 41.7. The summed E-state index contributed by atoms with van der Waals surface area (Å²) in [5.74, 6) is 0.164. The first-order chi connectivity index (χ1) is 36.3. The molecule has 8 bridgehead atoms. The highest BCUT2D eigenvalue weighted by molar-refractivity contribution is 6.22. The molecule has 13 aromatic rings. The van der Waals surface area contributed by atoms with Crippen LogP contribution in [0, 0.1) is 0 Å². The van der Waals surface area contributed by atoms with E-state index in [2.05, 4.69) is 244 Å². The Hall–Kier alpha value is -9.12. The van der Waals surface area contributed by atoms with Crippen LogP contribution < -0.4 is 0 Å². The molecule has 4 nitrogen and oxygen atoms in total. The van der Waals surface area contributed by atoms with Gasteiger partial charge in [0.25, 0.3) is 0 Å². The molecule has 350 valence electrons. The van der Waals surface area contributed by atoms with Gasteiger partial charge in [0.15, 0.2) is 0 Å². The van der Waals surface area contributed by atoms with Gasteiger partial charge in [0, 0.05) is 66.1 Å². The van der Waals surface area contributed by atoms with Crippen LogP contribution in [-0.2, 0) is 0 Å². The van der Waals surface area contributed by atoms with Gasteiger partial charge in [-0.3, -0.25) is 0 Å². The minimum atomic E-state index is 0.0818. The summed E-state index contributed by atoms with van der Waals surface area (Å²) in [5, 5.41) is 14.1. The van der Waals surface area contributed by atoms with Gasteiger partial charge >= 0.3 is 0 Å². The van der Waals surface area contributed by atoms with Crippen LogP contribution in [0.5, 0.6) is 0 Å². The Kier molecular flexibility index (Phi) is 9.31. The molecule has 4 heteroatoms. The molecule has 0 radical (unpaired) electrons. The molecular formula is C70H50N4. The average Bonchev–Trinajstić information content (AvgIpc) is 4.18. The van der Waals surface area contributed by atoms with Crippen molar-refractivity contribution in [3.63, 3.8) is 0 Å². The number of hydrogen-bond donors (Lipinski definition) is 2. The number of H-pyrrole nitrogens is 2. The van der Waals surface area contributed by atoms with Gasteiger partial charge < -0.3 is 9.97 Å². The van der Waals surface area contributed by atoms with E-state index >= 15 is 0 Å². The molecular weight excluding hydrogens is 897 g/mol. The molecule has 10 aromatic carbocycles. The van der Waals surface area contributed by atoms with E-state index in [9.17, 15) is 0 Å². The Labute approximate surface area is 428 Å². The van der Waals surface area contributed by atoms with Crippen LogP contribution in [0.15, 0.2) is 206 Å². The van der Waals surface area contributed by atoms with E-state index in [1.807, 2.05) is 0 Å². The summed E-state index contributed by atoms with van der Waals surface area (Å²) in [6, 6.07) is 76.1. The smallest absolute Gasteiger partial charge is 0.0816 e. The maximum absolute atomic E-state index is 6.12. The van der Waals surface area contributed by atoms with Gasteiger partial charge in [-0.15, -0.1) is 0 Å². The zero-order chi connectivity index (χ0) is 49.3. The lowest BCUT2D eigenvalue weighted by molar-refractivity contribution is 0.866. The van der Waals surface area contributed by atoms with Crippen molar-refractivity contribution < 1.29 is 0 Å². The first kappa shape index (κ1) is 42.6. The van der Waals surface area contributed by atoms with E-state index in [0.29, 0.717) is 0 Å². The molecule has 0 saturated carbocycles. The van der Waals surface area contributed by atoms with Gasteiger partial charge in [-0.2, -0.15) is 0 Å². The predicted octanol–water partition coefficient (Wildman–Crippen LogP) is 19.5. The number of aromatic nitrogens is 4. The third-order valence-corrected chi connectivity index (χ3v) is 15.9. The molecule has 74 heavy (non-hydrogen) atoms. The Balaban J connectivity index is 1.29. The number of fused-ring (bicyclic) bond motifs is 24. The van der Waals surface area contributed by atoms with Crippen molar-refractivity contribution in [3.05, 3.63) is 217 Å². The number of benzene rings is 10. The second-order valence-electron chi connectivity index (χ2n) is 21.0. The highest BCUT2D eigenvalue weighted by Gasteiger charge is 2.31. The lowest BCUT2D eigenvalue weighted by Gasteiger charge is -2.12. The van der Waals surface area contributed by atoms with E-state index < -0.39 is 0 Å². The van der Waals surface area contributed by atoms with Crippen LogP contribution in [0.2, 0.25) is 0 Å². The standard InChI is InChI=1S/C70H50N4/c1-39(2)59-63-51-31-43-23-11-12-24-44(43)32-52(51)64(71-63)60(40(3)4)66-54-34-46-26-14-16-28-48(46)36-56(54)68(73-66)62(42-21-9-6-10-22-42)70-58-38-50-30-18-17-29-49(50)37-57(58)69(74-70)61(41-19-7-5-8-20-41)67-55-35-47-27-15-13-25-45(47)33-53(55)65(59)72-67/h5-40,72-73H,1-4H3. The second kappa shape index (κ2) is 16.2.